The first-order valence-electron chi connectivity index (χ1n) is 7.37. The number of nitrogens with zero attached hydrogens (tertiary/aromatic N) is 1. The van der Waals surface area contributed by atoms with Crippen LogP contribution in [0.15, 0.2) is 47.5 Å². The van der Waals surface area contributed by atoms with Gasteiger partial charge in [-0.3, -0.25) is 4.55 Å². The van der Waals surface area contributed by atoms with Crippen LogP contribution in [0, 0.1) is 6.92 Å². The van der Waals surface area contributed by atoms with Crippen LogP contribution >= 0.6 is 11.6 Å². The number of pyridine rings is 1. The lowest BCUT2D eigenvalue weighted by Gasteiger charge is -2.27. The van der Waals surface area contributed by atoms with Crippen LogP contribution in [0.1, 0.15) is 12.0 Å². The van der Waals surface area contributed by atoms with E-state index < -0.39 is 10.1 Å². The Bertz CT molecular complexity index is 762. The Balaban J connectivity index is 0.000000177. The summed E-state index contributed by atoms with van der Waals surface area (Å²) in [7, 11) is -4.02. The van der Waals surface area contributed by atoms with E-state index in [1.54, 1.807) is 18.3 Å². The summed E-state index contributed by atoms with van der Waals surface area (Å²) in [5, 5.41) is 3.68. The van der Waals surface area contributed by atoms with Gasteiger partial charge in [0.1, 0.15) is 6.61 Å². The molecule has 1 fully saturated rings. The third-order valence-electron chi connectivity index (χ3n) is 3.41. The highest BCUT2D eigenvalue weighted by atomic mass is 35.5. The summed E-state index contributed by atoms with van der Waals surface area (Å²) in [6.45, 7) is 3.61. The second kappa shape index (κ2) is 8.43. The minimum atomic E-state index is -4.02. The summed E-state index contributed by atoms with van der Waals surface area (Å²) in [6, 6.07) is 10.1. The Hall–Kier alpha value is -1.67. The molecule has 0 saturated carbocycles. The minimum Gasteiger partial charge on any atom is -0.489 e. The van der Waals surface area contributed by atoms with E-state index in [0.717, 1.165) is 12.1 Å². The molecule has 1 atom stereocenters. The number of aryl methyl sites for hydroxylation is 1. The van der Waals surface area contributed by atoms with Gasteiger partial charge in [-0.25, -0.2) is 4.98 Å². The lowest BCUT2D eigenvalue weighted by atomic mass is 10.1. The van der Waals surface area contributed by atoms with E-state index in [0.29, 0.717) is 23.6 Å². The molecule has 0 aliphatic carbocycles. The zero-order valence-corrected chi connectivity index (χ0v) is 14.7. The fourth-order valence-corrected chi connectivity index (χ4v) is 2.52. The molecule has 2 aromatic rings. The van der Waals surface area contributed by atoms with Crippen LogP contribution in [0.4, 0.5) is 0 Å². The van der Waals surface area contributed by atoms with Crippen LogP contribution in [-0.2, 0) is 10.1 Å². The third kappa shape index (κ3) is 5.76. The largest absolute Gasteiger partial charge is 0.489 e. The maximum Gasteiger partial charge on any atom is 0.294 e. The Labute approximate surface area is 146 Å². The molecule has 1 aromatic carbocycles. The van der Waals surface area contributed by atoms with Crippen LogP contribution in [0.2, 0.25) is 5.15 Å². The quantitative estimate of drug-likeness (QED) is 0.635. The van der Waals surface area contributed by atoms with E-state index in [9.17, 15) is 8.42 Å². The Morgan fingerprint density at radius 3 is 2.50 bits per heavy atom. The molecule has 2 heterocycles. The van der Waals surface area contributed by atoms with Gasteiger partial charge >= 0.3 is 0 Å². The molecule has 0 amide bonds. The van der Waals surface area contributed by atoms with Crippen LogP contribution < -0.4 is 10.1 Å². The van der Waals surface area contributed by atoms with Crippen molar-refractivity contribution in [2.24, 2.45) is 0 Å². The van der Waals surface area contributed by atoms with Crippen LogP contribution in [0.3, 0.4) is 0 Å². The Morgan fingerprint density at radius 2 is 2.00 bits per heavy atom. The fraction of sp³-hybridized carbons (Fsp3) is 0.312. The molecular weight excluding hydrogens is 352 g/mol. The first-order chi connectivity index (χ1) is 11.4. The number of rotatable bonds is 4. The van der Waals surface area contributed by atoms with Gasteiger partial charge in [-0.05, 0) is 44.2 Å². The van der Waals surface area contributed by atoms with Gasteiger partial charge < -0.3 is 10.1 Å². The van der Waals surface area contributed by atoms with Crippen LogP contribution in [-0.4, -0.2) is 37.1 Å². The molecule has 0 unspecified atom stereocenters. The maximum absolute atomic E-state index is 10.5. The molecule has 130 valence electrons. The highest BCUT2D eigenvalue weighted by Crippen LogP contribution is 2.20. The molecule has 0 radical (unpaired) electrons. The molecule has 0 bridgehead atoms. The number of nitrogens with one attached hydrogen (secondary N) is 1. The lowest BCUT2D eigenvalue weighted by molar-refractivity contribution is 0.217. The summed E-state index contributed by atoms with van der Waals surface area (Å²) in [4.78, 5) is 3.85. The molecule has 24 heavy (non-hydrogen) atoms. The summed E-state index contributed by atoms with van der Waals surface area (Å²) in [5.74, 6) is 0.665. The Morgan fingerprint density at radius 1 is 1.33 bits per heavy atom. The minimum absolute atomic E-state index is 0.0666. The molecule has 6 nitrogen and oxygen atoms in total. The number of ether oxygens (including phenoxy) is 1. The van der Waals surface area contributed by atoms with Crippen molar-refractivity contribution < 1.29 is 17.7 Å². The second-order valence-electron chi connectivity index (χ2n) is 5.33. The number of halogens is 1. The SMILES string of the molecule is Cc1ccc(S(=O)(=O)O)cc1.Clc1ncccc1OC[C@H]1CCN1. The fourth-order valence-electron chi connectivity index (χ4n) is 1.87. The summed E-state index contributed by atoms with van der Waals surface area (Å²) >= 11 is 5.81. The van der Waals surface area contributed by atoms with Crippen molar-refractivity contribution in [2.75, 3.05) is 13.2 Å². The van der Waals surface area contributed by atoms with E-state index in [1.807, 2.05) is 19.1 Å². The van der Waals surface area contributed by atoms with E-state index in [2.05, 4.69) is 10.3 Å². The molecule has 1 saturated heterocycles. The molecule has 0 spiro atoms. The van der Waals surface area contributed by atoms with Crippen LogP contribution in [0.25, 0.3) is 0 Å². The van der Waals surface area contributed by atoms with Gasteiger partial charge in [0, 0.05) is 12.2 Å². The maximum atomic E-state index is 10.5. The number of benzene rings is 1. The molecule has 2 N–H and O–H groups in total. The first-order valence-corrected chi connectivity index (χ1v) is 9.19. The highest BCUT2D eigenvalue weighted by Gasteiger charge is 2.17. The number of hydrogen-bond donors (Lipinski definition) is 2. The van der Waals surface area contributed by atoms with Gasteiger partial charge in [-0.1, -0.05) is 29.3 Å². The van der Waals surface area contributed by atoms with E-state index >= 15 is 0 Å². The number of aromatic nitrogens is 1. The normalized spacial score (nSPS) is 16.5. The molecule has 8 heteroatoms. The smallest absolute Gasteiger partial charge is 0.294 e. The van der Waals surface area contributed by atoms with Gasteiger partial charge in [0.15, 0.2) is 10.9 Å². The zero-order chi connectivity index (χ0) is 17.6. The van der Waals surface area contributed by atoms with Gasteiger partial charge in [0.25, 0.3) is 10.1 Å². The van der Waals surface area contributed by atoms with E-state index in [-0.39, 0.29) is 4.90 Å². The molecular formula is C16H19ClN2O4S. The van der Waals surface area contributed by atoms with Crippen molar-refractivity contribution in [2.45, 2.75) is 24.3 Å². The molecule has 1 aliphatic heterocycles. The van der Waals surface area contributed by atoms with E-state index in [4.69, 9.17) is 20.9 Å². The summed E-state index contributed by atoms with van der Waals surface area (Å²) in [6.07, 6.45) is 2.83. The summed E-state index contributed by atoms with van der Waals surface area (Å²) < 4.78 is 35.0. The Kier molecular flexibility index (Phi) is 6.56. The molecule has 3 rings (SSSR count). The van der Waals surface area contributed by atoms with E-state index in [1.165, 1.54) is 18.6 Å². The van der Waals surface area contributed by atoms with Crippen molar-refractivity contribution in [3.05, 3.63) is 53.3 Å². The van der Waals surface area contributed by atoms with Crippen molar-refractivity contribution in [1.82, 2.24) is 10.3 Å². The monoisotopic (exact) mass is 370 g/mol. The van der Waals surface area contributed by atoms with Crippen molar-refractivity contribution >= 4 is 21.7 Å². The zero-order valence-electron chi connectivity index (χ0n) is 13.1. The van der Waals surface area contributed by atoms with Crippen molar-refractivity contribution in [3.63, 3.8) is 0 Å². The molecule has 1 aromatic heterocycles. The average molecular weight is 371 g/mol. The predicted octanol–water partition coefficient (Wildman–Crippen LogP) is 2.72. The average Bonchev–Trinajstić information content (AvgIpc) is 2.48. The predicted molar refractivity (Wildman–Crippen MR) is 92.1 cm³/mol. The van der Waals surface area contributed by atoms with Crippen molar-refractivity contribution in [1.29, 1.82) is 0 Å². The third-order valence-corrected chi connectivity index (χ3v) is 4.56. The highest BCUT2D eigenvalue weighted by molar-refractivity contribution is 7.85. The van der Waals surface area contributed by atoms with Gasteiger partial charge in [-0.2, -0.15) is 8.42 Å². The summed E-state index contributed by atoms with van der Waals surface area (Å²) in [5.41, 5.74) is 0.956. The topological polar surface area (TPSA) is 88.5 Å². The second-order valence-corrected chi connectivity index (χ2v) is 7.11. The lowest BCUT2D eigenvalue weighted by Crippen LogP contribution is -2.46. The number of hydrogen-bond acceptors (Lipinski definition) is 5. The molecule has 1 aliphatic rings. The van der Waals surface area contributed by atoms with Gasteiger partial charge in [-0.15, -0.1) is 0 Å². The first kappa shape index (κ1) is 18.7. The van der Waals surface area contributed by atoms with Gasteiger partial charge in [0.05, 0.1) is 4.90 Å². The van der Waals surface area contributed by atoms with Gasteiger partial charge in [0.2, 0.25) is 0 Å². The standard InChI is InChI=1S/C9H11ClN2O.C7H8O3S/c10-9-8(2-1-4-12-9)13-6-7-3-5-11-7;1-6-2-4-7(5-3-6)11(8,9)10/h1-2,4,7,11H,3,5-6H2;2-5H,1H3,(H,8,9,10)/t7-;/m1./s1. The van der Waals surface area contributed by atoms with Crippen molar-refractivity contribution in [3.8, 4) is 5.75 Å². The van der Waals surface area contributed by atoms with Crippen LogP contribution in [0.5, 0.6) is 5.75 Å².